The highest BCUT2D eigenvalue weighted by atomic mass is 32.2. The minimum Gasteiger partial charge on any atom is -0.453 e. The van der Waals surface area contributed by atoms with Gasteiger partial charge < -0.3 is 9.47 Å². The summed E-state index contributed by atoms with van der Waals surface area (Å²) < 4.78 is 64.3. The van der Waals surface area contributed by atoms with E-state index in [0.29, 0.717) is 11.7 Å². The van der Waals surface area contributed by atoms with Gasteiger partial charge in [-0.1, -0.05) is 6.42 Å². The number of amides is 1. The molecule has 0 aromatic carbocycles. The van der Waals surface area contributed by atoms with E-state index in [1.807, 2.05) is 0 Å². The van der Waals surface area contributed by atoms with Gasteiger partial charge in [0.05, 0.1) is 38.3 Å². The molecule has 188 valence electrons. The molecule has 1 aliphatic heterocycles. The second-order valence-corrected chi connectivity index (χ2v) is 11.7. The first-order valence-electron chi connectivity index (χ1n) is 11.8. The summed E-state index contributed by atoms with van der Waals surface area (Å²) in [6.45, 7) is 0.138. The molecule has 1 aromatic rings. The molecule has 1 amide bonds. The minimum atomic E-state index is -4.11. The Hall–Kier alpha value is -1.92. The van der Waals surface area contributed by atoms with Gasteiger partial charge in [0.2, 0.25) is 16.0 Å². The number of nitrogens with zero attached hydrogens (tertiary/aromatic N) is 3. The maximum atomic E-state index is 13.2. The third-order valence-corrected chi connectivity index (χ3v) is 9.15. The number of sulfonamides is 1. The smallest absolute Gasteiger partial charge is 0.410 e. The lowest BCUT2D eigenvalue weighted by Crippen LogP contribution is -2.51. The van der Waals surface area contributed by atoms with Gasteiger partial charge in [-0.15, -0.1) is 0 Å². The first kappa shape index (κ1) is 23.8. The monoisotopic (exact) mass is 500 g/mol. The number of likely N-dealkylation sites (tertiary alicyclic amines) is 1. The zero-order valence-corrected chi connectivity index (χ0v) is 19.8. The van der Waals surface area contributed by atoms with Gasteiger partial charge in [0.1, 0.15) is 5.82 Å². The zero-order chi connectivity index (χ0) is 24.1. The van der Waals surface area contributed by atoms with Crippen LogP contribution in [0.3, 0.4) is 0 Å². The van der Waals surface area contributed by atoms with Gasteiger partial charge in [0, 0.05) is 17.5 Å². The molecule has 0 spiro atoms. The molecule has 4 fully saturated rings. The Kier molecular flexibility index (Phi) is 6.26. The van der Waals surface area contributed by atoms with Crippen molar-refractivity contribution in [2.24, 2.45) is 11.8 Å². The number of rotatable bonds is 7. The van der Waals surface area contributed by atoms with Crippen LogP contribution in [0.4, 0.5) is 13.6 Å². The number of fused-ring (bicyclic) bond motifs is 2. The molecule has 12 heteroatoms. The maximum Gasteiger partial charge on any atom is 0.410 e. The standard InChI is InChI=1S/C22H30F2N4O5S/c1-32-21(29)28-17-4-2-3-16(17)19(27-34(30,31)12-23)18(28)11-33-15-5-6-22(8-13(22)7-15)20-25-9-14(24)10-26-20/h9-10,13,15-19,27H,2-8,11-12H2,1H3/t13?,15?,16-,17+,18-,19-,22?/m0/s1. The van der Waals surface area contributed by atoms with Crippen molar-refractivity contribution in [3.05, 3.63) is 24.0 Å². The van der Waals surface area contributed by atoms with Crippen LogP contribution in [0.1, 0.15) is 50.8 Å². The second-order valence-electron chi connectivity index (χ2n) is 9.99. The molecule has 0 bridgehead atoms. The van der Waals surface area contributed by atoms with E-state index in [0.717, 1.165) is 44.9 Å². The summed E-state index contributed by atoms with van der Waals surface area (Å²) in [6.07, 6.45) is 7.48. The molecule has 5 rings (SSSR count). The summed E-state index contributed by atoms with van der Waals surface area (Å²) in [7, 11) is -2.81. The lowest BCUT2D eigenvalue weighted by Gasteiger charge is -2.33. The van der Waals surface area contributed by atoms with E-state index < -0.39 is 40.0 Å². The Balaban J connectivity index is 1.27. The van der Waals surface area contributed by atoms with Gasteiger partial charge >= 0.3 is 6.09 Å². The number of halogens is 2. The molecule has 7 atom stereocenters. The lowest BCUT2D eigenvalue weighted by molar-refractivity contribution is -0.0114. The Morgan fingerprint density at radius 3 is 2.74 bits per heavy atom. The largest absolute Gasteiger partial charge is 0.453 e. The average Bonchev–Trinajstić information content (AvgIpc) is 3.25. The van der Waals surface area contributed by atoms with Crippen LogP contribution >= 0.6 is 0 Å². The number of carbonyl (C=O) groups excluding carboxylic acids is 1. The number of methoxy groups -OCH3 is 1. The molecule has 3 unspecified atom stereocenters. The minimum absolute atomic E-state index is 0.0561. The summed E-state index contributed by atoms with van der Waals surface area (Å²) in [5, 5.41) is 0. The van der Waals surface area contributed by atoms with Crippen molar-refractivity contribution in [3.63, 3.8) is 0 Å². The van der Waals surface area contributed by atoms with E-state index in [1.54, 1.807) is 4.90 Å². The summed E-state index contributed by atoms with van der Waals surface area (Å²) in [4.78, 5) is 22.6. The van der Waals surface area contributed by atoms with Crippen LogP contribution in [0.15, 0.2) is 12.4 Å². The molecule has 2 heterocycles. The highest BCUT2D eigenvalue weighted by Gasteiger charge is 2.60. The normalized spacial score (nSPS) is 36.7. The maximum absolute atomic E-state index is 13.2. The molecular weight excluding hydrogens is 470 g/mol. The summed E-state index contributed by atoms with van der Waals surface area (Å²) in [6, 6.07) is -2.87. The molecule has 1 aromatic heterocycles. The Morgan fingerprint density at radius 1 is 1.29 bits per heavy atom. The van der Waals surface area contributed by atoms with E-state index in [4.69, 9.17) is 9.47 Å². The summed E-state index contributed by atoms with van der Waals surface area (Å²) in [5.41, 5.74) is -0.116. The van der Waals surface area contributed by atoms with E-state index in [2.05, 4.69) is 14.7 Å². The van der Waals surface area contributed by atoms with Crippen molar-refractivity contribution in [2.45, 2.75) is 74.6 Å². The number of hydrogen-bond acceptors (Lipinski definition) is 7. The average molecular weight is 501 g/mol. The fourth-order valence-corrected chi connectivity index (χ4v) is 7.40. The number of carbonyl (C=O) groups is 1. The van der Waals surface area contributed by atoms with Crippen molar-refractivity contribution in [1.29, 1.82) is 0 Å². The predicted octanol–water partition coefficient (Wildman–Crippen LogP) is 2.28. The first-order chi connectivity index (χ1) is 16.3. The number of hydrogen-bond donors (Lipinski definition) is 1. The van der Waals surface area contributed by atoms with Crippen LogP contribution in [-0.2, 0) is 24.9 Å². The summed E-state index contributed by atoms with van der Waals surface area (Å²) >= 11 is 0. The molecule has 4 aliphatic rings. The molecule has 3 aliphatic carbocycles. The third-order valence-electron chi connectivity index (χ3n) is 8.23. The van der Waals surface area contributed by atoms with Crippen molar-refractivity contribution in [2.75, 3.05) is 19.7 Å². The highest BCUT2D eigenvalue weighted by Crippen LogP contribution is 2.61. The number of alkyl halides is 1. The molecule has 0 radical (unpaired) electrons. The predicted molar refractivity (Wildman–Crippen MR) is 116 cm³/mol. The van der Waals surface area contributed by atoms with Crippen LogP contribution in [-0.4, -0.2) is 73.3 Å². The first-order valence-corrected chi connectivity index (χ1v) is 13.4. The van der Waals surface area contributed by atoms with E-state index >= 15 is 0 Å². The van der Waals surface area contributed by atoms with E-state index in [-0.39, 0.29) is 30.1 Å². The van der Waals surface area contributed by atoms with Crippen molar-refractivity contribution < 1.29 is 31.5 Å². The second kappa shape index (κ2) is 8.94. The van der Waals surface area contributed by atoms with Gasteiger partial charge in [-0.2, -0.15) is 0 Å². The van der Waals surface area contributed by atoms with Crippen LogP contribution in [0, 0.1) is 17.7 Å². The van der Waals surface area contributed by atoms with Crippen LogP contribution in [0.5, 0.6) is 0 Å². The molecule has 3 saturated carbocycles. The van der Waals surface area contributed by atoms with Gasteiger partial charge in [-0.25, -0.2) is 36.7 Å². The van der Waals surface area contributed by atoms with Crippen molar-refractivity contribution in [1.82, 2.24) is 19.6 Å². The van der Waals surface area contributed by atoms with Crippen LogP contribution < -0.4 is 4.72 Å². The molecule has 1 N–H and O–H groups in total. The lowest BCUT2D eigenvalue weighted by atomic mass is 9.86. The summed E-state index contributed by atoms with van der Waals surface area (Å²) in [5.74, 6) is 0.464. The van der Waals surface area contributed by atoms with Crippen LogP contribution in [0.2, 0.25) is 0 Å². The highest BCUT2D eigenvalue weighted by molar-refractivity contribution is 7.89. The Bertz CT molecular complexity index is 1030. The fourth-order valence-electron chi connectivity index (χ4n) is 6.59. The van der Waals surface area contributed by atoms with Gasteiger partial charge in [-0.3, -0.25) is 4.90 Å². The topological polar surface area (TPSA) is 111 Å². The fraction of sp³-hybridized carbons (Fsp3) is 0.773. The zero-order valence-electron chi connectivity index (χ0n) is 19.0. The number of ether oxygens (including phenoxy) is 2. The Morgan fingerprint density at radius 2 is 2.06 bits per heavy atom. The number of nitrogens with one attached hydrogen (secondary N) is 1. The van der Waals surface area contributed by atoms with E-state index in [1.165, 1.54) is 19.5 Å². The molecule has 34 heavy (non-hydrogen) atoms. The Labute approximate surface area is 197 Å². The van der Waals surface area contributed by atoms with E-state index in [9.17, 15) is 22.0 Å². The quantitative estimate of drug-likeness (QED) is 0.612. The van der Waals surface area contributed by atoms with Crippen LogP contribution in [0.25, 0.3) is 0 Å². The van der Waals surface area contributed by atoms with Gasteiger partial charge in [-0.05, 0) is 50.4 Å². The third kappa shape index (κ3) is 4.17. The molecule has 9 nitrogen and oxygen atoms in total. The van der Waals surface area contributed by atoms with Crippen molar-refractivity contribution >= 4 is 16.1 Å². The van der Waals surface area contributed by atoms with Crippen molar-refractivity contribution in [3.8, 4) is 0 Å². The molecular formula is C22H30F2N4O5S. The number of aromatic nitrogens is 2. The SMILES string of the molecule is COC(=O)N1[C@@H]2CCC[C@@H]2[C@H](NS(=O)(=O)CF)[C@@H]1COC1CCC2(c3ncc(F)cn3)CC2C1. The van der Waals surface area contributed by atoms with Gasteiger partial charge in [0.25, 0.3) is 0 Å². The van der Waals surface area contributed by atoms with Gasteiger partial charge in [0.15, 0.2) is 5.82 Å². The molecule has 1 saturated heterocycles.